The van der Waals surface area contributed by atoms with E-state index >= 15 is 0 Å². The van der Waals surface area contributed by atoms with Gasteiger partial charge in [-0.2, -0.15) is 0 Å². The van der Waals surface area contributed by atoms with Crippen LogP contribution in [0.15, 0.2) is 18.2 Å². The first-order valence-corrected chi connectivity index (χ1v) is 4.74. The highest BCUT2D eigenvalue weighted by Gasteiger charge is 2.35. The van der Waals surface area contributed by atoms with Crippen LogP contribution in [-0.4, -0.2) is 24.9 Å². The van der Waals surface area contributed by atoms with Crippen molar-refractivity contribution >= 4 is 29.0 Å². The number of rotatable bonds is 2. The van der Waals surface area contributed by atoms with Gasteiger partial charge in [0.05, 0.1) is 17.8 Å². The van der Waals surface area contributed by atoms with Gasteiger partial charge in [-0.15, -0.1) is 0 Å². The standard InChI is InChI=1S/C10H7ClFNO2/c11-6-1-2-7-8(5-6)13(4-3-12)10(15)9(7)14/h1-2,5H,3-4H2. The molecule has 0 N–H and O–H groups in total. The Bertz CT molecular complexity index is 447. The Labute approximate surface area is 90.4 Å². The zero-order chi connectivity index (χ0) is 11.0. The SMILES string of the molecule is O=C1C(=O)N(CCF)c2cc(Cl)ccc21. The van der Waals surface area contributed by atoms with E-state index in [-0.39, 0.29) is 12.1 Å². The molecule has 1 aliphatic rings. The van der Waals surface area contributed by atoms with Gasteiger partial charge in [-0.25, -0.2) is 4.39 Å². The minimum absolute atomic E-state index is 0.113. The molecule has 0 aliphatic carbocycles. The summed E-state index contributed by atoms with van der Waals surface area (Å²) in [6.07, 6.45) is 0. The summed E-state index contributed by atoms with van der Waals surface area (Å²) in [6, 6.07) is 4.51. The number of hydrogen-bond donors (Lipinski definition) is 0. The van der Waals surface area contributed by atoms with Gasteiger partial charge in [0.25, 0.3) is 11.7 Å². The summed E-state index contributed by atoms with van der Waals surface area (Å²) in [5.74, 6) is -1.29. The molecule has 1 aliphatic heterocycles. The van der Waals surface area contributed by atoms with Crippen molar-refractivity contribution in [2.45, 2.75) is 0 Å². The smallest absolute Gasteiger partial charge is 0.299 e. The van der Waals surface area contributed by atoms with Crippen molar-refractivity contribution in [1.82, 2.24) is 0 Å². The molecular formula is C10H7ClFNO2. The largest absolute Gasteiger partial charge is 0.302 e. The molecule has 0 aromatic heterocycles. The molecule has 15 heavy (non-hydrogen) atoms. The Morgan fingerprint density at radius 2 is 2.07 bits per heavy atom. The average molecular weight is 228 g/mol. The zero-order valence-electron chi connectivity index (χ0n) is 7.67. The Balaban J connectivity index is 2.51. The highest BCUT2D eigenvalue weighted by molar-refractivity contribution is 6.52. The third kappa shape index (κ3) is 1.51. The Morgan fingerprint density at radius 1 is 1.33 bits per heavy atom. The van der Waals surface area contributed by atoms with Gasteiger partial charge < -0.3 is 4.90 Å². The second-order valence-electron chi connectivity index (χ2n) is 3.14. The molecule has 1 aromatic rings. The molecule has 0 atom stereocenters. The van der Waals surface area contributed by atoms with E-state index in [0.717, 1.165) is 4.90 Å². The molecule has 78 valence electrons. The first-order valence-electron chi connectivity index (χ1n) is 4.37. The van der Waals surface area contributed by atoms with Crippen LogP contribution >= 0.6 is 11.6 Å². The van der Waals surface area contributed by atoms with Gasteiger partial charge in [0.1, 0.15) is 6.67 Å². The van der Waals surface area contributed by atoms with E-state index in [9.17, 15) is 14.0 Å². The Kier molecular flexibility index (Phi) is 2.44. The Hall–Kier alpha value is -1.42. The summed E-state index contributed by atoms with van der Waals surface area (Å²) in [5.41, 5.74) is 0.688. The van der Waals surface area contributed by atoms with Crippen LogP contribution in [0.3, 0.4) is 0 Å². The predicted molar refractivity (Wildman–Crippen MR) is 54.1 cm³/mol. The predicted octanol–water partition coefficient (Wildman–Crippen LogP) is 1.84. The first-order chi connectivity index (χ1) is 7.15. The number of halogens is 2. The molecule has 2 rings (SSSR count). The lowest BCUT2D eigenvalue weighted by atomic mass is 10.1. The number of Topliss-reactive ketones (excluding diaryl/α,β-unsaturated/α-hetero) is 1. The van der Waals surface area contributed by atoms with Crippen molar-refractivity contribution in [3.8, 4) is 0 Å². The van der Waals surface area contributed by atoms with E-state index < -0.39 is 18.4 Å². The van der Waals surface area contributed by atoms with Crippen LogP contribution in [0.2, 0.25) is 5.02 Å². The number of benzene rings is 1. The van der Waals surface area contributed by atoms with E-state index in [0.29, 0.717) is 10.7 Å². The highest BCUT2D eigenvalue weighted by Crippen LogP contribution is 2.31. The minimum Gasteiger partial charge on any atom is -0.302 e. The molecule has 1 aromatic carbocycles. The monoisotopic (exact) mass is 227 g/mol. The van der Waals surface area contributed by atoms with Crippen LogP contribution < -0.4 is 4.90 Å². The van der Waals surface area contributed by atoms with E-state index in [1.54, 1.807) is 0 Å². The molecule has 3 nitrogen and oxygen atoms in total. The van der Waals surface area contributed by atoms with E-state index in [1.807, 2.05) is 0 Å². The molecule has 5 heteroatoms. The Morgan fingerprint density at radius 3 is 2.73 bits per heavy atom. The maximum atomic E-state index is 12.2. The van der Waals surface area contributed by atoms with Crippen LogP contribution in [-0.2, 0) is 4.79 Å². The van der Waals surface area contributed by atoms with Gasteiger partial charge in [-0.3, -0.25) is 9.59 Å². The normalized spacial score (nSPS) is 14.7. The second kappa shape index (κ2) is 3.62. The molecule has 1 heterocycles. The number of nitrogens with zero attached hydrogens (tertiary/aromatic N) is 1. The van der Waals surface area contributed by atoms with Crippen molar-refractivity contribution < 1.29 is 14.0 Å². The number of carbonyl (C=O) groups excluding carboxylic acids is 2. The number of anilines is 1. The number of ketones is 1. The van der Waals surface area contributed by atoms with Gasteiger partial charge >= 0.3 is 0 Å². The van der Waals surface area contributed by atoms with Crippen molar-refractivity contribution in [1.29, 1.82) is 0 Å². The van der Waals surface area contributed by atoms with Gasteiger partial charge in [0.2, 0.25) is 0 Å². The lowest BCUT2D eigenvalue weighted by Crippen LogP contribution is -2.31. The van der Waals surface area contributed by atoms with Crippen LogP contribution in [0.4, 0.5) is 10.1 Å². The molecule has 0 fully saturated rings. The molecule has 0 saturated heterocycles. The molecule has 0 saturated carbocycles. The lowest BCUT2D eigenvalue weighted by molar-refractivity contribution is -0.114. The van der Waals surface area contributed by atoms with Gasteiger partial charge in [-0.05, 0) is 18.2 Å². The van der Waals surface area contributed by atoms with E-state index in [1.165, 1.54) is 18.2 Å². The summed E-state index contributed by atoms with van der Waals surface area (Å²) < 4.78 is 12.2. The molecule has 0 unspecified atom stereocenters. The minimum atomic E-state index is -0.690. The first kappa shape index (κ1) is 10.1. The molecular weight excluding hydrogens is 221 g/mol. The summed E-state index contributed by atoms with van der Waals surface area (Å²) in [4.78, 5) is 24.0. The maximum Gasteiger partial charge on any atom is 0.299 e. The van der Waals surface area contributed by atoms with Crippen LogP contribution in [0.25, 0.3) is 0 Å². The molecule has 0 radical (unpaired) electrons. The van der Waals surface area contributed by atoms with Gasteiger partial charge in [0.15, 0.2) is 0 Å². The third-order valence-electron chi connectivity index (χ3n) is 2.24. The molecule has 0 bridgehead atoms. The fraction of sp³-hybridized carbons (Fsp3) is 0.200. The van der Waals surface area contributed by atoms with E-state index in [2.05, 4.69) is 0 Å². The molecule has 0 spiro atoms. The highest BCUT2D eigenvalue weighted by atomic mass is 35.5. The fourth-order valence-corrected chi connectivity index (χ4v) is 1.74. The zero-order valence-corrected chi connectivity index (χ0v) is 8.42. The number of hydrogen-bond acceptors (Lipinski definition) is 2. The van der Waals surface area contributed by atoms with Gasteiger partial charge in [-0.1, -0.05) is 11.6 Å². The lowest BCUT2D eigenvalue weighted by Gasteiger charge is -2.13. The van der Waals surface area contributed by atoms with Crippen LogP contribution in [0.1, 0.15) is 10.4 Å². The second-order valence-corrected chi connectivity index (χ2v) is 3.57. The number of alkyl halides is 1. The fourth-order valence-electron chi connectivity index (χ4n) is 1.57. The number of amides is 1. The number of carbonyl (C=O) groups is 2. The van der Waals surface area contributed by atoms with Crippen LogP contribution in [0.5, 0.6) is 0 Å². The summed E-state index contributed by atoms with van der Waals surface area (Å²) in [7, 11) is 0. The van der Waals surface area contributed by atoms with Crippen LogP contribution in [0, 0.1) is 0 Å². The quantitative estimate of drug-likeness (QED) is 0.723. The van der Waals surface area contributed by atoms with E-state index in [4.69, 9.17) is 11.6 Å². The van der Waals surface area contributed by atoms with Gasteiger partial charge in [0, 0.05) is 5.02 Å². The topological polar surface area (TPSA) is 37.4 Å². The number of fused-ring (bicyclic) bond motifs is 1. The third-order valence-corrected chi connectivity index (χ3v) is 2.48. The van der Waals surface area contributed by atoms with Crippen molar-refractivity contribution in [3.63, 3.8) is 0 Å². The van der Waals surface area contributed by atoms with Crippen molar-refractivity contribution in [3.05, 3.63) is 28.8 Å². The maximum absolute atomic E-state index is 12.2. The summed E-state index contributed by atoms with van der Waals surface area (Å²) >= 11 is 5.74. The van der Waals surface area contributed by atoms with Crippen molar-refractivity contribution in [2.24, 2.45) is 0 Å². The summed E-state index contributed by atoms with van der Waals surface area (Å²) in [5, 5.41) is 0.417. The molecule has 1 amide bonds. The average Bonchev–Trinajstić information content (AvgIpc) is 2.44. The van der Waals surface area contributed by atoms with Crippen molar-refractivity contribution in [2.75, 3.05) is 18.1 Å². The summed E-state index contributed by atoms with van der Waals surface area (Å²) in [6.45, 7) is -0.803.